The van der Waals surface area contributed by atoms with E-state index in [1.165, 1.54) is 97.1 Å². The molecular weight excluding hydrogens is 646 g/mol. The van der Waals surface area contributed by atoms with Crippen LogP contribution in [-0.4, -0.2) is 36.8 Å². The summed E-state index contributed by atoms with van der Waals surface area (Å²) < 4.78 is 26.4. The lowest BCUT2D eigenvalue weighted by molar-refractivity contribution is -0.343. The fraction of sp³-hybridized carbons (Fsp3) is 0.0667. The molecule has 43 heavy (non-hydrogen) atoms. The number of halogens is 4. The molecule has 0 aliphatic heterocycles. The summed E-state index contributed by atoms with van der Waals surface area (Å²) in [5.41, 5.74) is 0.0311. The Labute approximate surface area is 264 Å². The van der Waals surface area contributed by atoms with Gasteiger partial charge in [-0.2, -0.15) is 0 Å². The lowest BCUT2D eigenvalue weighted by Crippen LogP contribution is -2.36. The summed E-state index contributed by atoms with van der Waals surface area (Å²) in [6.07, 6.45) is 0. The van der Waals surface area contributed by atoms with Crippen LogP contribution in [0.5, 0.6) is 0 Å². The van der Waals surface area contributed by atoms with Gasteiger partial charge in [-0.1, -0.05) is 46.4 Å². The molecule has 0 saturated carbocycles. The third-order valence-corrected chi connectivity index (χ3v) is 6.36. The summed E-state index contributed by atoms with van der Waals surface area (Å²) >= 11 is 23.5. The van der Waals surface area contributed by atoms with Crippen LogP contribution in [0.2, 0.25) is 20.1 Å². The largest absolute Gasteiger partial charge is 0.396 e. The van der Waals surface area contributed by atoms with Crippen molar-refractivity contribution in [3.8, 4) is 0 Å². The summed E-state index contributed by atoms with van der Waals surface area (Å²) in [5, 5.41) is 1.40. The van der Waals surface area contributed by atoms with Gasteiger partial charge in [0.25, 0.3) is 0 Å². The highest BCUT2D eigenvalue weighted by Gasteiger charge is 2.31. The van der Waals surface area contributed by atoms with Gasteiger partial charge in [-0.05, 0) is 97.1 Å². The first kappa shape index (κ1) is 31.8. The highest BCUT2D eigenvalue weighted by Crippen LogP contribution is 2.19. The topological polar surface area (TPSA) is 114 Å². The van der Waals surface area contributed by atoms with E-state index >= 15 is 0 Å². The Kier molecular flexibility index (Phi) is 11.0. The molecule has 0 aliphatic carbocycles. The van der Waals surface area contributed by atoms with Crippen LogP contribution in [0.25, 0.3) is 0 Å². The van der Waals surface area contributed by atoms with Crippen LogP contribution in [-0.2, 0) is 23.7 Å². The maximum absolute atomic E-state index is 12.9. The molecule has 0 atom stereocenters. The van der Waals surface area contributed by atoms with Gasteiger partial charge in [-0.15, -0.1) is 0 Å². The maximum Gasteiger partial charge on any atom is 0.371 e. The highest BCUT2D eigenvalue weighted by atomic mass is 35.5. The lowest BCUT2D eigenvalue weighted by Gasteiger charge is -2.24. The first-order chi connectivity index (χ1) is 20.6. The van der Waals surface area contributed by atoms with Crippen molar-refractivity contribution in [1.29, 1.82) is 0 Å². The Morgan fingerprint density at radius 1 is 0.372 bits per heavy atom. The number of benzene rings is 4. The molecule has 0 radical (unpaired) electrons. The Balaban J connectivity index is 1.61. The highest BCUT2D eigenvalue weighted by molar-refractivity contribution is 6.31. The third-order valence-electron chi connectivity index (χ3n) is 5.35. The van der Waals surface area contributed by atoms with E-state index in [-0.39, 0.29) is 22.3 Å². The van der Waals surface area contributed by atoms with Crippen LogP contribution < -0.4 is 0 Å². The predicted molar refractivity (Wildman–Crippen MR) is 156 cm³/mol. The molecule has 0 amide bonds. The molecule has 0 spiro atoms. The number of rotatable bonds is 10. The van der Waals surface area contributed by atoms with E-state index < -0.39 is 36.8 Å². The van der Waals surface area contributed by atoms with Crippen LogP contribution >= 0.6 is 46.4 Å². The van der Waals surface area contributed by atoms with Gasteiger partial charge < -0.3 is 18.9 Å². The zero-order valence-corrected chi connectivity index (χ0v) is 24.6. The SMILES string of the molecule is O=C(OC(OC(=O)c1ccc(Cl)cc1)OC(OC(=O)c1ccc(Cl)cc1)OC(=O)c1ccc(Cl)cc1)c1ccc(Cl)cc1. The van der Waals surface area contributed by atoms with Crippen LogP contribution in [0, 0.1) is 0 Å². The second-order valence-electron chi connectivity index (χ2n) is 8.36. The third kappa shape index (κ3) is 9.44. The monoisotopic (exact) mass is 662 g/mol. The van der Waals surface area contributed by atoms with E-state index in [0.717, 1.165) is 0 Å². The number of carbonyl (C=O) groups excluding carboxylic acids is 4. The minimum absolute atomic E-state index is 0.00779. The molecule has 4 aromatic carbocycles. The van der Waals surface area contributed by atoms with Gasteiger partial charge in [0.1, 0.15) is 0 Å². The van der Waals surface area contributed by atoms with E-state index in [2.05, 4.69) is 0 Å². The molecule has 0 unspecified atom stereocenters. The average Bonchev–Trinajstić information content (AvgIpc) is 2.98. The standard InChI is InChI=1S/C30H18Cl4O9/c31-21-9-1-17(2-10-21)25(35)39-29(40-26(36)18-3-11-22(32)12-4-18)43-30(41-27(37)19-5-13-23(33)14-6-19)42-28(38)20-7-15-24(34)16-8-20/h1-16,29-30H. The fourth-order valence-corrected chi connectivity index (χ4v) is 3.72. The van der Waals surface area contributed by atoms with Gasteiger partial charge >= 0.3 is 36.8 Å². The molecule has 0 saturated heterocycles. The average molecular weight is 664 g/mol. The van der Waals surface area contributed by atoms with Crippen molar-refractivity contribution < 1.29 is 42.9 Å². The molecule has 0 heterocycles. The number of hydrogen-bond acceptors (Lipinski definition) is 9. The Bertz CT molecular complexity index is 1350. The number of carbonyl (C=O) groups is 4. The lowest BCUT2D eigenvalue weighted by atomic mass is 10.2. The van der Waals surface area contributed by atoms with Crippen molar-refractivity contribution in [3.05, 3.63) is 139 Å². The minimum Gasteiger partial charge on any atom is -0.396 e. The summed E-state index contributed by atoms with van der Waals surface area (Å²) in [6, 6.07) is 22.2. The Morgan fingerprint density at radius 2 is 0.558 bits per heavy atom. The molecule has 9 nitrogen and oxygen atoms in total. The molecule has 13 heteroatoms. The maximum atomic E-state index is 12.9. The predicted octanol–water partition coefficient (Wildman–Crippen LogP) is 7.61. The summed E-state index contributed by atoms with van der Waals surface area (Å²) in [7, 11) is 0. The summed E-state index contributed by atoms with van der Waals surface area (Å²) in [6.45, 7) is -4.38. The second kappa shape index (κ2) is 14.9. The van der Waals surface area contributed by atoms with Crippen molar-refractivity contribution >= 4 is 70.3 Å². The zero-order valence-electron chi connectivity index (χ0n) is 21.6. The summed E-state index contributed by atoms with van der Waals surface area (Å²) in [4.78, 5) is 51.5. The van der Waals surface area contributed by atoms with Crippen LogP contribution in [0.3, 0.4) is 0 Å². The van der Waals surface area contributed by atoms with Gasteiger partial charge in [0.15, 0.2) is 0 Å². The minimum atomic E-state index is -2.19. The smallest absolute Gasteiger partial charge is 0.371 e. The van der Waals surface area contributed by atoms with Crippen LogP contribution in [0.1, 0.15) is 41.4 Å². The number of ether oxygens (including phenoxy) is 5. The quantitative estimate of drug-likeness (QED) is 0.125. The number of esters is 4. The van der Waals surface area contributed by atoms with Crippen molar-refractivity contribution in [2.24, 2.45) is 0 Å². The molecule has 4 aromatic rings. The normalized spacial score (nSPS) is 10.7. The zero-order chi connectivity index (χ0) is 30.9. The molecule has 0 aliphatic rings. The fourth-order valence-electron chi connectivity index (χ4n) is 3.22. The van der Waals surface area contributed by atoms with Gasteiger partial charge in [-0.3, -0.25) is 0 Å². The van der Waals surface area contributed by atoms with Crippen LogP contribution in [0.15, 0.2) is 97.1 Å². The van der Waals surface area contributed by atoms with Crippen LogP contribution in [0.4, 0.5) is 0 Å². The molecule has 0 N–H and O–H groups in total. The molecular formula is C30H18Cl4O9. The van der Waals surface area contributed by atoms with Crippen molar-refractivity contribution in [3.63, 3.8) is 0 Å². The molecule has 0 aromatic heterocycles. The van der Waals surface area contributed by atoms with Gasteiger partial charge in [-0.25, -0.2) is 23.9 Å². The van der Waals surface area contributed by atoms with Crippen molar-refractivity contribution in [2.75, 3.05) is 0 Å². The number of hydrogen-bond donors (Lipinski definition) is 0. The second-order valence-corrected chi connectivity index (χ2v) is 10.1. The van der Waals surface area contributed by atoms with Gasteiger partial charge in [0, 0.05) is 20.1 Å². The molecule has 220 valence electrons. The molecule has 4 rings (SSSR count). The van der Waals surface area contributed by atoms with Crippen molar-refractivity contribution in [1.82, 2.24) is 0 Å². The van der Waals surface area contributed by atoms with E-state index in [0.29, 0.717) is 20.1 Å². The van der Waals surface area contributed by atoms with Crippen molar-refractivity contribution in [2.45, 2.75) is 13.0 Å². The molecule has 0 bridgehead atoms. The first-order valence-electron chi connectivity index (χ1n) is 12.1. The van der Waals surface area contributed by atoms with Gasteiger partial charge in [0.05, 0.1) is 22.3 Å². The Hall–Kier alpha value is -4.12. The van der Waals surface area contributed by atoms with Gasteiger partial charge in [0.2, 0.25) is 0 Å². The van der Waals surface area contributed by atoms with E-state index in [4.69, 9.17) is 70.1 Å². The van der Waals surface area contributed by atoms with E-state index in [9.17, 15) is 19.2 Å². The first-order valence-corrected chi connectivity index (χ1v) is 13.6. The molecule has 0 fully saturated rings. The Morgan fingerprint density at radius 3 is 0.744 bits per heavy atom. The van der Waals surface area contributed by atoms with E-state index in [1.807, 2.05) is 0 Å². The summed E-state index contributed by atoms with van der Waals surface area (Å²) in [5.74, 6) is -4.07. The van der Waals surface area contributed by atoms with E-state index in [1.54, 1.807) is 0 Å².